The largest absolute Gasteiger partial charge is 0.497 e. The average molecular weight is 1550 g/mol. The van der Waals surface area contributed by atoms with Crippen molar-refractivity contribution in [2.45, 2.75) is 53.4 Å². The van der Waals surface area contributed by atoms with Crippen LogP contribution in [0.5, 0.6) is 11.5 Å². The van der Waals surface area contributed by atoms with E-state index in [0.29, 0.717) is 0 Å². The van der Waals surface area contributed by atoms with Crippen molar-refractivity contribution in [3.05, 3.63) is 467 Å². The Kier molecular flexibility index (Phi) is 20.8. The standard InChI is InChI=1S/C58H48N2O2.C56H44N2/c1-39-5-21-47(22-6-39)59(49-25-9-41(10-26-49)37-43-13-29-51(61-3)30-14-43)55-35-19-45-18-34-54-56(36-20-46-17-33-53(55)57(45)58(46)54)60(48-23-7-40(2)8-24-48)50-27-11-42(12-28-50)38-44-15-31-52(62-4)32-16-44;1-39-13-25-47(26-14-39)57(49-29-17-43(18-30-49)37-41-9-5-3-6-10-41)53-35-23-45-22-34-52-54(36-24-46-21-33-51(53)55(45)56(46)52)58(48-27-15-40(2)16-28-48)50-31-19-44(20-32-50)38-42-11-7-4-8-12-42/h5-36H,37-38H2,1-4H3;3-36H,37-38H2,1-2H3. The van der Waals surface area contributed by atoms with E-state index in [2.05, 4.69) is 423 Å². The molecule has 580 valence electrons. The molecule has 20 rings (SSSR count). The summed E-state index contributed by atoms with van der Waals surface area (Å²) in [5, 5.41) is 14.9. The lowest BCUT2D eigenvalue weighted by atomic mass is 9.91. The van der Waals surface area contributed by atoms with E-state index in [-0.39, 0.29) is 0 Å². The smallest absolute Gasteiger partial charge is 0.118 e. The van der Waals surface area contributed by atoms with Crippen LogP contribution in [0.1, 0.15) is 66.8 Å². The highest BCUT2D eigenvalue weighted by Gasteiger charge is 2.26. The molecule has 0 saturated carbocycles. The Morgan fingerprint density at radius 3 is 0.550 bits per heavy atom. The summed E-state index contributed by atoms with van der Waals surface area (Å²) in [4.78, 5) is 9.67. The van der Waals surface area contributed by atoms with Gasteiger partial charge in [-0.15, -0.1) is 0 Å². The Morgan fingerprint density at radius 1 is 0.175 bits per heavy atom. The van der Waals surface area contributed by atoms with Gasteiger partial charge in [0.1, 0.15) is 11.5 Å². The number of hydrogen-bond donors (Lipinski definition) is 0. The number of rotatable bonds is 22. The maximum absolute atomic E-state index is 5.39. The highest BCUT2D eigenvalue weighted by atomic mass is 16.5. The Labute approximate surface area is 703 Å². The fourth-order valence-electron chi connectivity index (χ4n) is 17.5. The number of benzene rings is 20. The van der Waals surface area contributed by atoms with E-state index in [1.807, 2.05) is 24.3 Å². The Bertz CT molecular complexity index is 6520. The van der Waals surface area contributed by atoms with Crippen LogP contribution in [0.4, 0.5) is 68.2 Å². The molecule has 0 bridgehead atoms. The van der Waals surface area contributed by atoms with Crippen LogP contribution in [-0.4, -0.2) is 14.2 Å². The van der Waals surface area contributed by atoms with Gasteiger partial charge in [-0.2, -0.15) is 0 Å². The van der Waals surface area contributed by atoms with Crippen molar-refractivity contribution < 1.29 is 9.47 Å². The number of hydrogen-bond acceptors (Lipinski definition) is 6. The fraction of sp³-hybridized carbons (Fsp3) is 0.0877. The van der Waals surface area contributed by atoms with E-state index in [0.717, 1.165) is 105 Å². The van der Waals surface area contributed by atoms with Crippen LogP contribution >= 0.6 is 0 Å². The third kappa shape index (κ3) is 15.4. The van der Waals surface area contributed by atoms with E-state index in [4.69, 9.17) is 9.47 Å². The number of anilines is 12. The summed E-state index contributed by atoms with van der Waals surface area (Å²) in [5.74, 6) is 1.75. The minimum absolute atomic E-state index is 0.851. The minimum Gasteiger partial charge on any atom is -0.497 e. The van der Waals surface area contributed by atoms with Crippen molar-refractivity contribution in [3.63, 3.8) is 0 Å². The van der Waals surface area contributed by atoms with Gasteiger partial charge in [0.2, 0.25) is 0 Å². The van der Waals surface area contributed by atoms with E-state index < -0.39 is 0 Å². The van der Waals surface area contributed by atoms with Gasteiger partial charge in [-0.3, -0.25) is 0 Å². The van der Waals surface area contributed by atoms with Crippen LogP contribution in [0, 0.1) is 27.7 Å². The van der Waals surface area contributed by atoms with Gasteiger partial charge >= 0.3 is 0 Å². The van der Waals surface area contributed by atoms with Crippen molar-refractivity contribution in [1.82, 2.24) is 0 Å². The Morgan fingerprint density at radius 2 is 0.350 bits per heavy atom. The maximum atomic E-state index is 5.39. The molecule has 0 heterocycles. The second-order valence-electron chi connectivity index (χ2n) is 31.9. The van der Waals surface area contributed by atoms with E-state index >= 15 is 0 Å². The van der Waals surface area contributed by atoms with Crippen LogP contribution in [-0.2, 0) is 25.7 Å². The van der Waals surface area contributed by atoms with Crippen molar-refractivity contribution in [2.24, 2.45) is 0 Å². The Balaban J connectivity index is 0.000000159. The van der Waals surface area contributed by atoms with Gasteiger partial charge < -0.3 is 29.1 Å². The molecule has 0 saturated heterocycles. The zero-order valence-electron chi connectivity index (χ0n) is 68.5. The molecular weight excluding hydrogens is 1460 g/mol. The highest BCUT2D eigenvalue weighted by molar-refractivity contribution is 6.30. The Hall–Kier alpha value is -14.7. The average Bonchev–Trinajstić information content (AvgIpc) is 0.724. The van der Waals surface area contributed by atoms with Crippen LogP contribution < -0.4 is 29.1 Å². The lowest BCUT2D eigenvalue weighted by Gasteiger charge is -2.29. The van der Waals surface area contributed by atoms with Gasteiger partial charge in [0, 0.05) is 67.0 Å². The number of ether oxygens (including phenoxy) is 2. The number of aryl methyl sites for hydroxylation is 4. The molecule has 120 heavy (non-hydrogen) atoms. The van der Waals surface area contributed by atoms with Crippen LogP contribution in [0.25, 0.3) is 64.6 Å². The second kappa shape index (κ2) is 33.1. The van der Waals surface area contributed by atoms with Crippen molar-refractivity contribution in [2.75, 3.05) is 33.8 Å². The molecule has 0 N–H and O–H groups in total. The summed E-state index contributed by atoms with van der Waals surface area (Å²) in [6.45, 7) is 8.60. The van der Waals surface area contributed by atoms with E-state index in [1.54, 1.807) is 14.2 Å². The molecule has 20 aromatic rings. The first-order valence-corrected chi connectivity index (χ1v) is 41.6. The number of methoxy groups -OCH3 is 2. The molecule has 0 amide bonds. The summed E-state index contributed by atoms with van der Waals surface area (Å²) < 4.78 is 10.8. The van der Waals surface area contributed by atoms with Gasteiger partial charge in [0.25, 0.3) is 0 Å². The summed E-state index contributed by atoms with van der Waals surface area (Å²) in [7, 11) is 3.41. The number of nitrogens with zero attached hydrogens (tertiary/aromatic N) is 4. The zero-order chi connectivity index (χ0) is 81.2. The quantitative estimate of drug-likeness (QED) is 0.0629. The van der Waals surface area contributed by atoms with Crippen molar-refractivity contribution in [1.29, 1.82) is 0 Å². The zero-order valence-corrected chi connectivity index (χ0v) is 68.5. The van der Waals surface area contributed by atoms with Crippen LogP contribution in [0.3, 0.4) is 0 Å². The molecule has 6 heteroatoms. The second-order valence-corrected chi connectivity index (χ2v) is 31.9. The lowest BCUT2D eigenvalue weighted by molar-refractivity contribution is 0.414. The minimum atomic E-state index is 0.851. The fourth-order valence-corrected chi connectivity index (χ4v) is 17.5. The molecule has 20 aromatic carbocycles. The van der Waals surface area contributed by atoms with Crippen LogP contribution in [0.15, 0.2) is 400 Å². The predicted octanol–water partition coefficient (Wildman–Crippen LogP) is 30.7. The highest BCUT2D eigenvalue weighted by Crippen LogP contribution is 2.51. The van der Waals surface area contributed by atoms with Gasteiger partial charge in [-0.1, -0.05) is 277 Å². The monoisotopic (exact) mass is 1550 g/mol. The molecule has 6 nitrogen and oxygen atoms in total. The van der Waals surface area contributed by atoms with Gasteiger partial charge in [0.15, 0.2) is 0 Å². The molecule has 0 unspecified atom stereocenters. The normalized spacial score (nSPS) is 11.4. The van der Waals surface area contributed by atoms with Gasteiger partial charge in [-0.25, -0.2) is 0 Å². The van der Waals surface area contributed by atoms with Gasteiger partial charge in [-0.05, 0) is 287 Å². The van der Waals surface area contributed by atoms with Gasteiger partial charge in [0.05, 0.1) is 37.0 Å². The van der Waals surface area contributed by atoms with E-state index in [9.17, 15) is 0 Å². The summed E-state index contributed by atoms with van der Waals surface area (Å²) in [6, 6.07) is 147. The molecule has 0 aromatic heterocycles. The summed E-state index contributed by atoms with van der Waals surface area (Å²) in [6.07, 6.45) is 3.51. The molecule has 0 aliphatic carbocycles. The third-order valence-corrected chi connectivity index (χ3v) is 23.8. The first-order valence-electron chi connectivity index (χ1n) is 41.6. The first kappa shape index (κ1) is 75.3. The van der Waals surface area contributed by atoms with Crippen molar-refractivity contribution >= 4 is 133 Å². The molecular formula is C114H92N4O2. The summed E-state index contributed by atoms with van der Waals surface area (Å²) >= 11 is 0. The molecule has 0 aliphatic heterocycles. The summed E-state index contributed by atoms with van der Waals surface area (Å²) in [5.41, 5.74) is 28.8. The lowest BCUT2D eigenvalue weighted by Crippen LogP contribution is -2.11. The first-order chi connectivity index (χ1) is 59.0. The predicted molar refractivity (Wildman–Crippen MR) is 508 cm³/mol. The molecule has 0 spiro atoms. The third-order valence-electron chi connectivity index (χ3n) is 23.8. The molecule has 0 radical (unpaired) electrons. The maximum Gasteiger partial charge on any atom is 0.118 e. The molecule has 0 atom stereocenters. The van der Waals surface area contributed by atoms with Crippen molar-refractivity contribution in [3.8, 4) is 11.5 Å². The van der Waals surface area contributed by atoms with Crippen LogP contribution in [0.2, 0.25) is 0 Å². The molecule has 0 aliphatic rings. The SMILES string of the molecule is COc1ccc(Cc2ccc(N(c3ccc(C)cc3)c3ccc4ccc5c(N(c6ccc(C)cc6)c6ccc(Cc7ccc(OC)cc7)cc6)ccc6ccc3c4c65)cc2)cc1.Cc1ccc(N(c2ccc(Cc3ccccc3)cc2)c2ccc3ccc4c(N(c5ccc(C)cc5)c5ccc(Cc6ccccc6)cc5)ccc5ccc2c3c54)cc1. The van der Waals surface area contributed by atoms with E-state index in [1.165, 1.54) is 131 Å². The topological polar surface area (TPSA) is 31.4 Å². The molecule has 0 fully saturated rings.